The van der Waals surface area contributed by atoms with Gasteiger partial charge in [0.05, 0.1) is 0 Å². The summed E-state index contributed by atoms with van der Waals surface area (Å²) in [6.07, 6.45) is 3.19. The van der Waals surface area contributed by atoms with Crippen LogP contribution in [0.1, 0.15) is 33.1 Å². The maximum atomic E-state index is 12.1. The standard InChI is InChI=1S/C14H19BrO2/c1-6-3-4-8-11-9(5-7(2)12(8)15)13(16)14(17)10(6)11/h6-12H,3-5H2,1-2H3. The van der Waals surface area contributed by atoms with Crippen molar-refractivity contribution in [2.45, 2.75) is 37.9 Å². The summed E-state index contributed by atoms with van der Waals surface area (Å²) in [5, 5.41) is 0. The van der Waals surface area contributed by atoms with Gasteiger partial charge in [0.25, 0.3) is 0 Å². The molecule has 3 aliphatic rings. The van der Waals surface area contributed by atoms with E-state index >= 15 is 0 Å². The molecule has 0 amide bonds. The molecular weight excluding hydrogens is 280 g/mol. The SMILES string of the molecule is CC1CC2C(=O)C(=O)C3C(C)CCC(C1Br)C23. The molecule has 0 N–H and O–H groups in total. The topological polar surface area (TPSA) is 34.1 Å². The molecule has 0 radical (unpaired) electrons. The quantitative estimate of drug-likeness (QED) is 0.509. The third-order valence-corrected chi connectivity index (χ3v) is 6.98. The predicted octanol–water partition coefficient (Wildman–Crippen LogP) is 2.84. The molecule has 0 aromatic carbocycles. The first-order chi connectivity index (χ1) is 8.02. The van der Waals surface area contributed by atoms with Crippen molar-refractivity contribution in [3.8, 4) is 0 Å². The van der Waals surface area contributed by atoms with E-state index in [1.807, 2.05) is 0 Å². The molecular formula is C14H19BrO2. The molecule has 0 saturated heterocycles. The molecule has 3 saturated carbocycles. The Bertz CT molecular complexity index is 378. The van der Waals surface area contributed by atoms with E-state index in [1.54, 1.807) is 0 Å². The van der Waals surface area contributed by atoms with Gasteiger partial charge < -0.3 is 0 Å². The minimum Gasteiger partial charge on any atom is -0.291 e. The average Bonchev–Trinajstić information content (AvgIpc) is 2.54. The number of halogens is 1. The zero-order chi connectivity index (χ0) is 12.3. The van der Waals surface area contributed by atoms with E-state index in [-0.39, 0.29) is 23.4 Å². The smallest absolute Gasteiger partial charge is 0.202 e. The highest BCUT2D eigenvalue weighted by atomic mass is 79.9. The zero-order valence-electron chi connectivity index (χ0n) is 10.4. The fraction of sp³-hybridized carbons (Fsp3) is 0.857. The number of rotatable bonds is 0. The van der Waals surface area contributed by atoms with E-state index in [1.165, 1.54) is 6.42 Å². The first-order valence-electron chi connectivity index (χ1n) is 6.74. The minimum absolute atomic E-state index is 0.0406. The molecule has 7 atom stereocenters. The summed E-state index contributed by atoms with van der Waals surface area (Å²) < 4.78 is 0. The molecule has 3 aliphatic carbocycles. The summed E-state index contributed by atoms with van der Waals surface area (Å²) in [6, 6.07) is 0. The van der Waals surface area contributed by atoms with Gasteiger partial charge in [-0.3, -0.25) is 9.59 Å². The van der Waals surface area contributed by atoms with Crippen LogP contribution in [0.15, 0.2) is 0 Å². The van der Waals surface area contributed by atoms with E-state index in [2.05, 4.69) is 29.8 Å². The molecule has 0 spiro atoms. The van der Waals surface area contributed by atoms with Crippen molar-refractivity contribution in [2.24, 2.45) is 35.5 Å². The average molecular weight is 299 g/mol. The second kappa shape index (κ2) is 3.91. The third-order valence-electron chi connectivity index (χ3n) is 5.40. The maximum Gasteiger partial charge on any atom is 0.202 e. The van der Waals surface area contributed by atoms with Crippen LogP contribution in [0.4, 0.5) is 0 Å². The zero-order valence-corrected chi connectivity index (χ0v) is 11.9. The van der Waals surface area contributed by atoms with E-state index in [0.29, 0.717) is 28.5 Å². The summed E-state index contributed by atoms with van der Waals surface area (Å²) >= 11 is 3.82. The minimum atomic E-state index is -0.0509. The van der Waals surface area contributed by atoms with Gasteiger partial charge in [0.15, 0.2) is 0 Å². The van der Waals surface area contributed by atoms with Crippen LogP contribution < -0.4 is 0 Å². The molecule has 0 aliphatic heterocycles. The molecule has 3 heteroatoms. The van der Waals surface area contributed by atoms with Gasteiger partial charge >= 0.3 is 0 Å². The van der Waals surface area contributed by atoms with E-state index in [4.69, 9.17) is 0 Å². The molecule has 7 unspecified atom stereocenters. The molecule has 0 aromatic heterocycles. The fourth-order valence-corrected chi connectivity index (χ4v) is 5.40. The molecule has 17 heavy (non-hydrogen) atoms. The number of carbonyl (C=O) groups excluding carboxylic acids is 2. The van der Waals surface area contributed by atoms with E-state index in [9.17, 15) is 9.59 Å². The van der Waals surface area contributed by atoms with Crippen molar-refractivity contribution in [1.82, 2.24) is 0 Å². The van der Waals surface area contributed by atoms with Crippen LogP contribution in [-0.2, 0) is 9.59 Å². The second-order valence-corrected chi connectivity index (χ2v) is 7.37. The molecule has 94 valence electrons. The van der Waals surface area contributed by atoms with Gasteiger partial charge in [-0.25, -0.2) is 0 Å². The Morgan fingerprint density at radius 2 is 1.76 bits per heavy atom. The van der Waals surface area contributed by atoms with E-state index < -0.39 is 0 Å². The highest BCUT2D eigenvalue weighted by molar-refractivity contribution is 9.09. The van der Waals surface area contributed by atoms with Gasteiger partial charge in [0.2, 0.25) is 11.6 Å². The number of carbonyl (C=O) groups is 2. The van der Waals surface area contributed by atoms with Crippen molar-refractivity contribution in [3.05, 3.63) is 0 Å². The first kappa shape index (κ1) is 11.9. The fourth-order valence-electron chi connectivity index (χ4n) is 4.56. The Morgan fingerprint density at radius 3 is 2.47 bits per heavy atom. The molecule has 3 fully saturated rings. The number of hydrogen-bond donors (Lipinski definition) is 0. The number of Topliss-reactive ketones (excluding diaryl/α,β-unsaturated/α-hetero) is 2. The predicted molar refractivity (Wildman–Crippen MR) is 68.9 cm³/mol. The summed E-state index contributed by atoms with van der Waals surface area (Å²) in [5.41, 5.74) is 0. The Kier molecular flexibility index (Phi) is 2.73. The van der Waals surface area contributed by atoms with Crippen molar-refractivity contribution >= 4 is 27.5 Å². The highest BCUT2D eigenvalue weighted by Gasteiger charge is 2.59. The van der Waals surface area contributed by atoms with Crippen LogP contribution >= 0.6 is 15.9 Å². The lowest BCUT2D eigenvalue weighted by molar-refractivity contribution is -0.137. The summed E-state index contributed by atoms with van der Waals surface area (Å²) in [6.45, 7) is 4.36. The van der Waals surface area contributed by atoms with Crippen LogP contribution in [-0.4, -0.2) is 16.4 Å². The van der Waals surface area contributed by atoms with Crippen LogP contribution in [0.25, 0.3) is 0 Å². The van der Waals surface area contributed by atoms with Crippen LogP contribution in [0.2, 0.25) is 0 Å². The third kappa shape index (κ3) is 1.50. The van der Waals surface area contributed by atoms with Gasteiger partial charge in [-0.15, -0.1) is 0 Å². The van der Waals surface area contributed by atoms with Gasteiger partial charge in [-0.2, -0.15) is 0 Å². The molecule has 0 heterocycles. The Morgan fingerprint density at radius 1 is 1.06 bits per heavy atom. The Hall–Kier alpha value is -0.180. The van der Waals surface area contributed by atoms with Gasteiger partial charge in [0.1, 0.15) is 0 Å². The first-order valence-corrected chi connectivity index (χ1v) is 7.66. The van der Waals surface area contributed by atoms with Gasteiger partial charge in [0, 0.05) is 16.7 Å². The van der Waals surface area contributed by atoms with Crippen molar-refractivity contribution < 1.29 is 9.59 Å². The molecule has 2 nitrogen and oxygen atoms in total. The Labute approximate surface area is 111 Å². The maximum absolute atomic E-state index is 12.1. The number of hydrogen-bond acceptors (Lipinski definition) is 2. The van der Waals surface area contributed by atoms with Crippen LogP contribution in [0, 0.1) is 35.5 Å². The largest absolute Gasteiger partial charge is 0.291 e. The number of alkyl halides is 1. The lowest BCUT2D eigenvalue weighted by Crippen LogP contribution is -2.45. The monoisotopic (exact) mass is 298 g/mol. The lowest BCUT2D eigenvalue weighted by atomic mass is 9.60. The molecule has 0 aromatic rings. The normalized spacial score (nSPS) is 53.7. The van der Waals surface area contributed by atoms with E-state index in [0.717, 1.165) is 12.8 Å². The second-order valence-electron chi connectivity index (χ2n) is 6.31. The number of ketones is 2. The van der Waals surface area contributed by atoms with Crippen molar-refractivity contribution in [2.75, 3.05) is 0 Å². The highest BCUT2D eigenvalue weighted by Crippen LogP contribution is 2.56. The summed E-state index contributed by atoms with van der Waals surface area (Å²) in [4.78, 5) is 24.8. The van der Waals surface area contributed by atoms with Crippen LogP contribution in [0.3, 0.4) is 0 Å². The molecule has 0 bridgehead atoms. The lowest BCUT2D eigenvalue weighted by Gasteiger charge is -2.47. The van der Waals surface area contributed by atoms with Gasteiger partial charge in [-0.05, 0) is 42.9 Å². The summed E-state index contributed by atoms with van der Waals surface area (Å²) in [7, 11) is 0. The van der Waals surface area contributed by atoms with Crippen molar-refractivity contribution in [1.29, 1.82) is 0 Å². The van der Waals surface area contributed by atoms with Gasteiger partial charge in [-0.1, -0.05) is 29.8 Å². The van der Waals surface area contributed by atoms with Crippen molar-refractivity contribution in [3.63, 3.8) is 0 Å². The Balaban J connectivity index is 2.01. The molecule has 3 rings (SSSR count). The summed E-state index contributed by atoms with van der Waals surface area (Å²) in [5.74, 6) is 1.80. The van der Waals surface area contributed by atoms with Crippen LogP contribution in [0.5, 0.6) is 0 Å².